The van der Waals surface area contributed by atoms with Gasteiger partial charge in [0.2, 0.25) is 5.91 Å². The van der Waals surface area contributed by atoms with Crippen molar-refractivity contribution in [2.45, 2.75) is 32.0 Å². The molecular weight excluding hydrogens is 214 g/mol. The Hall–Kier alpha value is -1.14. The molecule has 0 aromatic carbocycles. The predicted octanol–water partition coefficient (Wildman–Crippen LogP) is -0.637. The molecule has 0 spiro atoms. The molecule has 0 saturated carbocycles. The molecule has 6 nitrogen and oxygen atoms in total. The number of aliphatic carboxylic acids is 1. The molecule has 92 valence electrons. The van der Waals surface area contributed by atoms with E-state index in [0.29, 0.717) is 13.0 Å². The minimum Gasteiger partial charge on any atom is -0.479 e. The van der Waals surface area contributed by atoms with Crippen LogP contribution in [0.25, 0.3) is 0 Å². The van der Waals surface area contributed by atoms with Gasteiger partial charge in [0.1, 0.15) is 0 Å². The van der Waals surface area contributed by atoms with Crippen LogP contribution in [0.1, 0.15) is 19.8 Å². The van der Waals surface area contributed by atoms with Gasteiger partial charge in [-0.3, -0.25) is 4.79 Å². The molecule has 0 aliphatic carbocycles. The average molecular weight is 231 g/mol. The van der Waals surface area contributed by atoms with Crippen molar-refractivity contribution in [2.75, 3.05) is 13.2 Å². The molecule has 0 bridgehead atoms. The fourth-order valence-corrected chi connectivity index (χ4v) is 1.60. The molecular formula is C10H17NO5. The van der Waals surface area contributed by atoms with Gasteiger partial charge in [0.05, 0.1) is 18.6 Å². The number of ether oxygens (including phenoxy) is 1. The second-order valence-corrected chi connectivity index (χ2v) is 4.01. The second kappa shape index (κ2) is 5.81. The largest absolute Gasteiger partial charge is 0.479 e. The lowest BCUT2D eigenvalue weighted by Crippen LogP contribution is -2.34. The first-order valence-corrected chi connectivity index (χ1v) is 5.31. The molecule has 3 atom stereocenters. The smallest absolute Gasteiger partial charge is 0.332 e. The van der Waals surface area contributed by atoms with Gasteiger partial charge in [-0.05, 0) is 13.3 Å². The number of nitrogens with one attached hydrogen (secondary N) is 1. The molecule has 1 heterocycles. The summed E-state index contributed by atoms with van der Waals surface area (Å²) in [6, 6.07) is 0. The summed E-state index contributed by atoms with van der Waals surface area (Å²) in [5.41, 5.74) is 0. The van der Waals surface area contributed by atoms with Gasteiger partial charge in [0, 0.05) is 13.0 Å². The van der Waals surface area contributed by atoms with Gasteiger partial charge < -0.3 is 20.3 Å². The molecule has 1 saturated heterocycles. The Bertz CT molecular complexity index is 268. The summed E-state index contributed by atoms with van der Waals surface area (Å²) in [5, 5.41) is 20.0. The highest BCUT2D eigenvalue weighted by Gasteiger charge is 2.28. The highest BCUT2D eigenvalue weighted by Crippen LogP contribution is 2.18. The van der Waals surface area contributed by atoms with E-state index in [1.165, 1.54) is 0 Å². The van der Waals surface area contributed by atoms with Crippen molar-refractivity contribution in [3.05, 3.63) is 0 Å². The van der Waals surface area contributed by atoms with Crippen LogP contribution in [0.15, 0.2) is 0 Å². The number of carbonyl (C=O) groups is 2. The first kappa shape index (κ1) is 12.9. The van der Waals surface area contributed by atoms with Crippen molar-refractivity contribution < 1.29 is 24.5 Å². The molecule has 1 amide bonds. The van der Waals surface area contributed by atoms with Crippen LogP contribution in [0.2, 0.25) is 0 Å². The normalized spacial score (nSPS) is 26.4. The summed E-state index contributed by atoms with van der Waals surface area (Å²) in [7, 11) is 0. The van der Waals surface area contributed by atoms with E-state index >= 15 is 0 Å². The van der Waals surface area contributed by atoms with Crippen molar-refractivity contribution >= 4 is 11.9 Å². The molecule has 0 aromatic rings. The fraction of sp³-hybridized carbons (Fsp3) is 0.800. The van der Waals surface area contributed by atoms with Crippen molar-refractivity contribution in [3.63, 3.8) is 0 Å². The molecule has 0 radical (unpaired) electrons. The minimum atomic E-state index is -1.42. The molecule has 1 fully saturated rings. The maximum atomic E-state index is 11.5. The molecule has 3 unspecified atom stereocenters. The number of carboxylic acids is 1. The lowest BCUT2D eigenvalue weighted by Gasteiger charge is -2.10. The Morgan fingerprint density at radius 3 is 2.75 bits per heavy atom. The number of carboxylic acid groups (broad SMARTS) is 1. The SMILES string of the molecule is CC1CC(C(=O)NCCC(O)C(=O)O)CO1. The maximum Gasteiger partial charge on any atom is 0.332 e. The van der Waals surface area contributed by atoms with E-state index in [4.69, 9.17) is 14.9 Å². The summed E-state index contributed by atoms with van der Waals surface area (Å²) < 4.78 is 5.25. The number of amides is 1. The summed E-state index contributed by atoms with van der Waals surface area (Å²) in [6.45, 7) is 2.48. The Morgan fingerprint density at radius 1 is 1.56 bits per heavy atom. The van der Waals surface area contributed by atoms with E-state index in [1.54, 1.807) is 0 Å². The summed E-state index contributed by atoms with van der Waals surface area (Å²) >= 11 is 0. The van der Waals surface area contributed by atoms with Crippen molar-refractivity contribution in [3.8, 4) is 0 Å². The van der Waals surface area contributed by atoms with Crippen molar-refractivity contribution in [1.29, 1.82) is 0 Å². The second-order valence-electron chi connectivity index (χ2n) is 4.01. The zero-order valence-corrected chi connectivity index (χ0v) is 9.18. The molecule has 3 N–H and O–H groups in total. The van der Waals surface area contributed by atoms with Crippen LogP contribution in [0.5, 0.6) is 0 Å². The average Bonchev–Trinajstić information content (AvgIpc) is 2.64. The van der Waals surface area contributed by atoms with Crippen LogP contribution >= 0.6 is 0 Å². The molecule has 1 rings (SSSR count). The van der Waals surface area contributed by atoms with Crippen molar-refractivity contribution in [1.82, 2.24) is 5.32 Å². The zero-order valence-electron chi connectivity index (χ0n) is 9.18. The van der Waals surface area contributed by atoms with Gasteiger partial charge in [0.25, 0.3) is 0 Å². The van der Waals surface area contributed by atoms with Gasteiger partial charge in [0.15, 0.2) is 6.10 Å². The van der Waals surface area contributed by atoms with Crippen LogP contribution < -0.4 is 5.32 Å². The standard InChI is InChI=1S/C10H17NO5/c1-6-4-7(5-16-6)9(13)11-3-2-8(12)10(14)15/h6-8,12H,2-5H2,1H3,(H,11,13)(H,14,15). The Kier molecular flexibility index (Phi) is 4.70. The Balaban J connectivity index is 2.18. The first-order chi connectivity index (χ1) is 7.50. The highest BCUT2D eigenvalue weighted by atomic mass is 16.5. The number of aliphatic hydroxyl groups is 1. The monoisotopic (exact) mass is 231 g/mol. The third kappa shape index (κ3) is 3.79. The third-order valence-corrected chi connectivity index (χ3v) is 2.57. The van der Waals surface area contributed by atoms with E-state index in [1.807, 2.05) is 6.92 Å². The summed E-state index contributed by atoms with van der Waals surface area (Å²) in [5.74, 6) is -1.56. The Morgan fingerprint density at radius 2 is 2.25 bits per heavy atom. The molecule has 1 aliphatic rings. The van der Waals surface area contributed by atoms with Crippen LogP contribution in [0, 0.1) is 5.92 Å². The van der Waals surface area contributed by atoms with Gasteiger partial charge in [-0.15, -0.1) is 0 Å². The third-order valence-electron chi connectivity index (χ3n) is 2.57. The van der Waals surface area contributed by atoms with Crippen LogP contribution in [-0.2, 0) is 14.3 Å². The number of carbonyl (C=O) groups excluding carboxylic acids is 1. The molecule has 16 heavy (non-hydrogen) atoms. The van der Waals surface area contributed by atoms with E-state index < -0.39 is 12.1 Å². The van der Waals surface area contributed by atoms with Crippen molar-refractivity contribution in [2.24, 2.45) is 5.92 Å². The van der Waals surface area contributed by atoms with Crippen LogP contribution in [-0.4, -0.2) is 47.4 Å². The molecule has 0 aromatic heterocycles. The van der Waals surface area contributed by atoms with Gasteiger partial charge >= 0.3 is 5.97 Å². The zero-order chi connectivity index (χ0) is 12.1. The molecule has 6 heteroatoms. The van der Waals surface area contributed by atoms with Crippen LogP contribution in [0.3, 0.4) is 0 Å². The fourth-order valence-electron chi connectivity index (χ4n) is 1.60. The van der Waals surface area contributed by atoms with E-state index in [9.17, 15) is 9.59 Å². The lowest BCUT2D eigenvalue weighted by atomic mass is 10.1. The first-order valence-electron chi connectivity index (χ1n) is 5.31. The lowest BCUT2D eigenvalue weighted by molar-refractivity contribution is -0.147. The van der Waals surface area contributed by atoms with E-state index in [-0.39, 0.29) is 30.9 Å². The maximum absolute atomic E-state index is 11.5. The van der Waals surface area contributed by atoms with E-state index in [2.05, 4.69) is 5.32 Å². The highest BCUT2D eigenvalue weighted by molar-refractivity contribution is 5.79. The summed E-state index contributed by atoms with van der Waals surface area (Å²) in [4.78, 5) is 21.8. The quantitative estimate of drug-likeness (QED) is 0.585. The van der Waals surface area contributed by atoms with Gasteiger partial charge in [-0.2, -0.15) is 0 Å². The predicted molar refractivity (Wildman–Crippen MR) is 54.8 cm³/mol. The number of hydrogen-bond acceptors (Lipinski definition) is 4. The number of aliphatic hydroxyl groups excluding tert-OH is 1. The molecule has 1 aliphatic heterocycles. The Labute approximate surface area is 93.6 Å². The van der Waals surface area contributed by atoms with Gasteiger partial charge in [-0.1, -0.05) is 0 Å². The summed E-state index contributed by atoms with van der Waals surface area (Å²) in [6.07, 6.45) is -0.614. The topological polar surface area (TPSA) is 95.9 Å². The number of hydrogen-bond donors (Lipinski definition) is 3. The van der Waals surface area contributed by atoms with Crippen LogP contribution in [0.4, 0.5) is 0 Å². The number of rotatable bonds is 5. The van der Waals surface area contributed by atoms with E-state index in [0.717, 1.165) is 0 Å². The minimum absolute atomic E-state index is 0.0181. The van der Waals surface area contributed by atoms with Gasteiger partial charge in [-0.25, -0.2) is 4.79 Å².